The molecular weight excluding hydrogens is 254 g/mol. The molecule has 0 aliphatic heterocycles. The second-order valence-electron chi connectivity index (χ2n) is 5.37. The van der Waals surface area contributed by atoms with Crippen LogP contribution in [0.3, 0.4) is 0 Å². The van der Waals surface area contributed by atoms with Gasteiger partial charge in [0, 0.05) is 12.5 Å². The van der Waals surface area contributed by atoms with E-state index in [1.54, 1.807) is 0 Å². The summed E-state index contributed by atoms with van der Waals surface area (Å²) < 4.78 is 0. The third-order valence-electron chi connectivity index (χ3n) is 3.48. The Morgan fingerprint density at radius 2 is 2.00 bits per heavy atom. The zero-order chi connectivity index (χ0) is 15.2. The third kappa shape index (κ3) is 3.98. The Kier molecular flexibility index (Phi) is 5.55. The Morgan fingerprint density at radius 3 is 2.50 bits per heavy atom. The SMILES string of the molecule is CCC(CC(N)=NO)NC(=O)C(C)(C)c1ccccc1. The smallest absolute Gasteiger partial charge is 0.230 e. The number of nitrogens with zero attached hydrogens (tertiary/aromatic N) is 1. The lowest BCUT2D eigenvalue weighted by Gasteiger charge is -2.27. The number of rotatable bonds is 6. The second-order valence-corrected chi connectivity index (χ2v) is 5.37. The van der Waals surface area contributed by atoms with Crippen molar-refractivity contribution in [2.24, 2.45) is 10.9 Å². The van der Waals surface area contributed by atoms with Gasteiger partial charge in [-0.2, -0.15) is 0 Å². The van der Waals surface area contributed by atoms with E-state index in [4.69, 9.17) is 10.9 Å². The zero-order valence-corrected chi connectivity index (χ0v) is 12.3. The number of amides is 1. The van der Waals surface area contributed by atoms with Crippen LogP contribution in [0.2, 0.25) is 0 Å². The number of benzene rings is 1. The summed E-state index contributed by atoms with van der Waals surface area (Å²) in [5.41, 5.74) is 5.82. The number of carbonyl (C=O) groups is 1. The monoisotopic (exact) mass is 277 g/mol. The minimum absolute atomic E-state index is 0.0683. The normalized spacial score (nSPS) is 13.8. The highest BCUT2D eigenvalue weighted by atomic mass is 16.4. The number of nitrogens with one attached hydrogen (secondary N) is 1. The highest BCUT2D eigenvalue weighted by Crippen LogP contribution is 2.23. The van der Waals surface area contributed by atoms with Gasteiger partial charge < -0.3 is 16.3 Å². The van der Waals surface area contributed by atoms with Gasteiger partial charge in [0.15, 0.2) is 0 Å². The molecule has 5 nitrogen and oxygen atoms in total. The Labute approximate surface area is 119 Å². The van der Waals surface area contributed by atoms with E-state index in [1.165, 1.54) is 0 Å². The summed E-state index contributed by atoms with van der Waals surface area (Å²) in [7, 11) is 0. The van der Waals surface area contributed by atoms with E-state index in [0.717, 1.165) is 5.56 Å². The van der Waals surface area contributed by atoms with Gasteiger partial charge in [-0.05, 0) is 25.8 Å². The topological polar surface area (TPSA) is 87.7 Å². The maximum Gasteiger partial charge on any atom is 0.230 e. The Hall–Kier alpha value is -2.04. The fourth-order valence-corrected chi connectivity index (χ4v) is 1.94. The van der Waals surface area contributed by atoms with Crippen LogP contribution in [-0.4, -0.2) is 23.0 Å². The van der Waals surface area contributed by atoms with Crippen molar-refractivity contribution in [1.82, 2.24) is 5.32 Å². The van der Waals surface area contributed by atoms with Gasteiger partial charge in [0.05, 0.1) is 5.41 Å². The van der Waals surface area contributed by atoms with Gasteiger partial charge in [-0.25, -0.2) is 0 Å². The van der Waals surface area contributed by atoms with Crippen molar-refractivity contribution in [3.05, 3.63) is 35.9 Å². The van der Waals surface area contributed by atoms with Crippen LogP contribution in [0.5, 0.6) is 0 Å². The van der Waals surface area contributed by atoms with Gasteiger partial charge in [-0.1, -0.05) is 42.4 Å². The van der Waals surface area contributed by atoms with Crippen LogP contribution < -0.4 is 11.1 Å². The molecule has 0 bridgehead atoms. The molecule has 0 saturated carbocycles. The average molecular weight is 277 g/mol. The van der Waals surface area contributed by atoms with E-state index in [9.17, 15) is 4.79 Å². The maximum absolute atomic E-state index is 12.5. The second kappa shape index (κ2) is 6.93. The number of carbonyl (C=O) groups excluding carboxylic acids is 1. The molecule has 0 aliphatic carbocycles. The van der Waals surface area contributed by atoms with Crippen LogP contribution in [0.15, 0.2) is 35.5 Å². The van der Waals surface area contributed by atoms with E-state index >= 15 is 0 Å². The van der Waals surface area contributed by atoms with Crippen LogP contribution in [0, 0.1) is 0 Å². The van der Waals surface area contributed by atoms with Crippen molar-refractivity contribution in [2.45, 2.75) is 45.1 Å². The van der Waals surface area contributed by atoms with Gasteiger partial charge in [0.2, 0.25) is 5.91 Å². The molecule has 110 valence electrons. The molecule has 0 aromatic heterocycles. The van der Waals surface area contributed by atoms with Gasteiger partial charge in [-0.3, -0.25) is 4.79 Å². The molecule has 1 unspecified atom stereocenters. The van der Waals surface area contributed by atoms with Crippen LogP contribution in [0.4, 0.5) is 0 Å². The first-order valence-electron chi connectivity index (χ1n) is 6.74. The molecular formula is C15H23N3O2. The first kappa shape index (κ1) is 16.0. The zero-order valence-electron chi connectivity index (χ0n) is 12.3. The molecule has 5 heteroatoms. The number of hydrogen-bond acceptors (Lipinski definition) is 3. The van der Waals surface area contributed by atoms with E-state index in [2.05, 4.69) is 10.5 Å². The van der Waals surface area contributed by atoms with E-state index < -0.39 is 5.41 Å². The molecule has 0 spiro atoms. The van der Waals surface area contributed by atoms with Gasteiger partial charge in [0.1, 0.15) is 5.84 Å². The summed E-state index contributed by atoms with van der Waals surface area (Å²) in [5, 5.41) is 14.5. The molecule has 1 atom stereocenters. The number of amidine groups is 1. The molecule has 0 aliphatic rings. The fourth-order valence-electron chi connectivity index (χ4n) is 1.94. The summed E-state index contributed by atoms with van der Waals surface area (Å²) in [5.74, 6) is 0.0518. The van der Waals surface area contributed by atoms with Crippen molar-refractivity contribution < 1.29 is 10.0 Å². The van der Waals surface area contributed by atoms with Crippen molar-refractivity contribution in [1.29, 1.82) is 0 Å². The van der Waals surface area contributed by atoms with Gasteiger partial charge in [0.25, 0.3) is 0 Å². The summed E-state index contributed by atoms with van der Waals surface area (Å²) >= 11 is 0. The van der Waals surface area contributed by atoms with Crippen LogP contribution in [-0.2, 0) is 10.2 Å². The minimum atomic E-state index is -0.625. The first-order valence-corrected chi connectivity index (χ1v) is 6.74. The summed E-state index contributed by atoms with van der Waals surface area (Å²) in [6.07, 6.45) is 1.05. The molecule has 1 aromatic carbocycles. The molecule has 0 radical (unpaired) electrons. The molecule has 20 heavy (non-hydrogen) atoms. The van der Waals surface area contributed by atoms with E-state index in [-0.39, 0.29) is 17.8 Å². The predicted molar refractivity (Wildman–Crippen MR) is 79.7 cm³/mol. The number of oxime groups is 1. The average Bonchev–Trinajstić information content (AvgIpc) is 2.46. The lowest BCUT2D eigenvalue weighted by molar-refractivity contribution is -0.126. The Morgan fingerprint density at radius 1 is 1.40 bits per heavy atom. The van der Waals surface area contributed by atoms with Gasteiger partial charge in [-0.15, -0.1) is 0 Å². The number of hydrogen-bond donors (Lipinski definition) is 3. The highest BCUT2D eigenvalue weighted by Gasteiger charge is 2.30. The summed E-state index contributed by atoms with van der Waals surface area (Å²) in [4.78, 5) is 12.5. The fraction of sp³-hybridized carbons (Fsp3) is 0.467. The molecule has 0 heterocycles. The molecule has 0 saturated heterocycles. The summed E-state index contributed by atoms with van der Waals surface area (Å²) in [6.45, 7) is 5.72. The molecule has 0 fully saturated rings. The molecule has 1 amide bonds. The molecule has 4 N–H and O–H groups in total. The summed E-state index contributed by atoms with van der Waals surface area (Å²) in [6, 6.07) is 9.48. The maximum atomic E-state index is 12.5. The third-order valence-corrected chi connectivity index (χ3v) is 3.48. The van der Waals surface area contributed by atoms with E-state index in [0.29, 0.717) is 12.8 Å². The van der Waals surface area contributed by atoms with Crippen LogP contribution >= 0.6 is 0 Å². The largest absolute Gasteiger partial charge is 0.409 e. The van der Waals surface area contributed by atoms with Crippen LogP contribution in [0.25, 0.3) is 0 Å². The first-order chi connectivity index (χ1) is 9.41. The predicted octanol–water partition coefficient (Wildman–Crippen LogP) is 2.00. The van der Waals surface area contributed by atoms with E-state index in [1.807, 2.05) is 51.1 Å². The van der Waals surface area contributed by atoms with Gasteiger partial charge >= 0.3 is 0 Å². The lowest BCUT2D eigenvalue weighted by atomic mass is 9.83. The Bertz CT molecular complexity index is 469. The lowest BCUT2D eigenvalue weighted by Crippen LogP contribution is -2.46. The Balaban J connectivity index is 2.78. The quantitative estimate of drug-likeness (QED) is 0.321. The number of nitrogens with two attached hydrogens (primary N) is 1. The van der Waals surface area contributed by atoms with Crippen molar-refractivity contribution in [3.8, 4) is 0 Å². The molecule has 1 aromatic rings. The van der Waals surface area contributed by atoms with Crippen molar-refractivity contribution >= 4 is 11.7 Å². The minimum Gasteiger partial charge on any atom is -0.409 e. The van der Waals surface area contributed by atoms with Crippen molar-refractivity contribution in [2.75, 3.05) is 0 Å². The highest BCUT2D eigenvalue weighted by molar-refractivity contribution is 5.88. The standard InChI is InChI=1S/C15H23N3O2/c1-4-12(10-13(16)18-20)17-14(19)15(2,3)11-8-6-5-7-9-11/h5-9,12,20H,4,10H2,1-3H3,(H2,16,18)(H,17,19). The van der Waals surface area contributed by atoms with Crippen LogP contribution in [0.1, 0.15) is 39.2 Å². The molecule has 1 rings (SSSR count). The van der Waals surface area contributed by atoms with Crippen molar-refractivity contribution in [3.63, 3.8) is 0 Å².